The van der Waals surface area contributed by atoms with E-state index in [9.17, 15) is 19.2 Å². The Morgan fingerprint density at radius 1 is 1.26 bits per heavy atom. The Labute approximate surface area is 227 Å². The van der Waals surface area contributed by atoms with Crippen molar-refractivity contribution in [2.45, 2.75) is 36.4 Å². The van der Waals surface area contributed by atoms with E-state index in [0.29, 0.717) is 45.6 Å². The normalized spacial score (nSPS) is 17.3. The molecule has 2 heterocycles. The number of rotatable bonds is 6. The van der Waals surface area contributed by atoms with Crippen molar-refractivity contribution in [3.05, 3.63) is 88.1 Å². The minimum Gasteiger partial charge on any atom is -0.384 e. The fourth-order valence-electron chi connectivity index (χ4n) is 4.70. The number of halogens is 1. The SMILES string of the molecule is Cc1cccc(C2C(C#N)=C(N)N(c3nnc(SCC(=O)Nc4ccc(F)cc4)s3)C3=C2C(=O)CCC3)c1. The summed E-state index contributed by atoms with van der Waals surface area (Å²) in [5, 5.41) is 21.8. The summed E-state index contributed by atoms with van der Waals surface area (Å²) in [7, 11) is 0. The molecule has 0 radical (unpaired) electrons. The highest BCUT2D eigenvalue weighted by molar-refractivity contribution is 8.01. The molecule has 38 heavy (non-hydrogen) atoms. The number of Topliss-reactive ketones (excluding diaryl/α,β-unsaturated/α-hetero) is 1. The van der Waals surface area contributed by atoms with Crippen LogP contribution in [0.15, 0.2) is 75.5 Å². The first-order valence-electron chi connectivity index (χ1n) is 11.9. The van der Waals surface area contributed by atoms with E-state index in [0.717, 1.165) is 16.8 Å². The lowest BCUT2D eigenvalue weighted by Crippen LogP contribution is -2.38. The van der Waals surface area contributed by atoms with Gasteiger partial charge in [-0.1, -0.05) is 52.9 Å². The molecule has 0 spiro atoms. The molecule has 0 fully saturated rings. The zero-order chi connectivity index (χ0) is 26.8. The van der Waals surface area contributed by atoms with Crippen LogP contribution in [-0.4, -0.2) is 27.6 Å². The number of nitrogens with zero attached hydrogens (tertiary/aromatic N) is 4. The summed E-state index contributed by atoms with van der Waals surface area (Å²) >= 11 is 2.43. The molecule has 2 aromatic carbocycles. The molecule has 5 rings (SSSR count). The van der Waals surface area contributed by atoms with Gasteiger partial charge < -0.3 is 11.1 Å². The van der Waals surface area contributed by atoms with Gasteiger partial charge in [0.25, 0.3) is 0 Å². The summed E-state index contributed by atoms with van der Waals surface area (Å²) in [6.45, 7) is 1.97. The molecule has 1 aromatic heterocycles. The molecule has 3 N–H and O–H groups in total. The van der Waals surface area contributed by atoms with Crippen LogP contribution in [0.2, 0.25) is 0 Å². The maximum Gasteiger partial charge on any atom is 0.234 e. The van der Waals surface area contributed by atoms with Gasteiger partial charge >= 0.3 is 0 Å². The van der Waals surface area contributed by atoms with Crippen molar-refractivity contribution in [2.75, 3.05) is 16.0 Å². The summed E-state index contributed by atoms with van der Waals surface area (Å²) in [4.78, 5) is 27.3. The Kier molecular flexibility index (Phi) is 7.26. The van der Waals surface area contributed by atoms with Gasteiger partial charge in [-0.25, -0.2) is 4.39 Å². The number of thioether (sulfide) groups is 1. The molecule has 0 saturated carbocycles. The van der Waals surface area contributed by atoms with Crippen LogP contribution >= 0.6 is 23.1 Å². The lowest BCUT2D eigenvalue weighted by Gasteiger charge is -2.38. The van der Waals surface area contributed by atoms with Gasteiger partial charge in [0.15, 0.2) is 10.1 Å². The number of benzene rings is 2. The van der Waals surface area contributed by atoms with Gasteiger partial charge in [0.2, 0.25) is 11.0 Å². The Morgan fingerprint density at radius 2 is 2.05 bits per heavy atom. The van der Waals surface area contributed by atoms with Gasteiger partial charge in [-0.2, -0.15) is 5.26 Å². The van der Waals surface area contributed by atoms with Crippen molar-refractivity contribution in [1.82, 2.24) is 10.2 Å². The number of nitriles is 1. The van der Waals surface area contributed by atoms with Crippen molar-refractivity contribution < 1.29 is 14.0 Å². The van der Waals surface area contributed by atoms with Crippen LogP contribution < -0.4 is 16.0 Å². The molecule has 1 unspecified atom stereocenters. The smallest absolute Gasteiger partial charge is 0.234 e. The third-order valence-electron chi connectivity index (χ3n) is 6.33. The van der Waals surface area contributed by atoms with Crippen molar-refractivity contribution in [3.8, 4) is 6.07 Å². The van der Waals surface area contributed by atoms with Crippen molar-refractivity contribution in [1.29, 1.82) is 5.26 Å². The van der Waals surface area contributed by atoms with Gasteiger partial charge in [-0.05, 0) is 49.6 Å². The molecule has 0 bridgehead atoms. The molecule has 1 aliphatic heterocycles. The van der Waals surface area contributed by atoms with Crippen molar-refractivity contribution in [2.24, 2.45) is 5.73 Å². The third kappa shape index (κ3) is 5.05. The van der Waals surface area contributed by atoms with Crippen LogP contribution in [0.4, 0.5) is 15.2 Å². The highest BCUT2D eigenvalue weighted by Gasteiger charge is 2.41. The second kappa shape index (κ2) is 10.8. The molecule has 1 atom stereocenters. The average molecular weight is 547 g/mol. The quantitative estimate of drug-likeness (QED) is 0.413. The van der Waals surface area contributed by atoms with Crippen molar-refractivity contribution in [3.63, 3.8) is 0 Å². The average Bonchev–Trinajstić information content (AvgIpc) is 3.37. The first-order valence-corrected chi connectivity index (χ1v) is 13.7. The number of carbonyl (C=O) groups is 2. The van der Waals surface area contributed by atoms with Gasteiger partial charge in [0.05, 0.1) is 23.3 Å². The van der Waals surface area contributed by atoms with E-state index in [4.69, 9.17) is 5.73 Å². The first-order chi connectivity index (χ1) is 18.4. The Hall–Kier alpha value is -4.01. The zero-order valence-corrected chi connectivity index (χ0v) is 22.0. The molecule has 1 amide bonds. The standard InChI is InChI=1S/C27H23FN6O2S2/c1-15-4-2-5-16(12-15)23-19(13-29)25(30)34(20-6-3-7-21(35)24(20)23)26-32-33-27(38-26)37-14-22(36)31-18-10-8-17(28)9-11-18/h2,4-5,8-12,23H,3,6-7,14,30H2,1H3,(H,31,36). The predicted molar refractivity (Wildman–Crippen MR) is 145 cm³/mol. The van der Waals surface area contributed by atoms with Gasteiger partial charge in [-0.3, -0.25) is 14.5 Å². The van der Waals surface area contributed by atoms with E-state index in [1.165, 1.54) is 47.4 Å². The molecule has 1 aliphatic carbocycles. The lowest BCUT2D eigenvalue weighted by molar-refractivity contribution is -0.116. The van der Waals surface area contributed by atoms with E-state index < -0.39 is 5.92 Å². The Bertz CT molecular complexity index is 1520. The summed E-state index contributed by atoms with van der Waals surface area (Å²) < 4.78 is 13.6. The highest BCUT2D eigenvalue weighted by atomic mass is 32.2. The number of nitrogens with two attached hydrogens (primary N) is 1. The second-order valence-electron chi connectivity index (χ2n) is 8.92. The van der Waals surface area contributed by atoms with Crippen molar-refractivity contribution >= 4 is 45.6 Å². The van der Waals surface area contributed by atoms with E-state index in [2.05, 4.69) is 21.6 Å². The lowest BCUT2D eigenvalue weighted by atomic mass is 9.75. The summed E-state index contributed by atoms with van der Waals surface area (Å²) in [6.07, 6.45) is 1.70. The van der Waals surface area contributed by atoms with Crippen LogP contribution in [0.1, 0.15) is 36.3 Å². The number of anilines is 2. The van der Waals surface area contributed by atoms with E-state index in [1.54, 1.807) is 4.90 Å². The summed E-state index contributed by atoms with van der Waals surface area (Å²) in [5.41, 5.74) is 10.6. The molecule has 3 aromatic rings. The number of carbonyl (C=O) groups excluding carboxylic acids is 2. The Morgan fingerprint density at radius 3 is 2.79 bits per heavy atom. The molecule has 192 valence electrons. The predicted octanol–water partition coefficient (Wildman–Crippen LogP) is 5.02. The largest absolute Gasteiger partial charge is 0.384 e. The third-order valence-corrected chi connectivity index (χ3v) is 8.37. The Balaban J connectivity index is 1.42. The number of allylic oxidation sites excluding steroid dienone is 3. The maximum absolute atomic E-state index is 13.2. The number of hydrogen-bond donors (Lipinski definition) is 2. The number of hydrogen-bond acceptors (Lipinski definition) is 9. The monoisotopic (exact) mass is 546 g/mol. The number of ketones is 1. The number of nitrogens with one attached hydrogen (secondary N) is 1. The number of amides is 1. The second-order valence-corrected chi connectivity index (χ2v) is 11.1. The van der Waals surface area contributed by atoms with E-state index in [1.807, 2.05) is 31.2 Å². The van der Waals surface area contributed by atoms with Crippen LogP contribution in [0, 0.1) is 24.1 Å². The molecule has 2 aliphatic rings. The van der Waals surface area contributed by atoms with Gasteiger partial charge in [0.1, 0.15) is 11.6 Å². The molecular formula is C27H23FN6O2S2. The molecule has 0 saturated heterocycles. The highest BCUT2D eigenvalue weighted by Crippen LogP contribution is 2.47. The van der Waals surface area contributed by atoms with Crippen LogP contribution in [0.5, 0.6) is 0 Å². The fraction of sp³-hybridized carbons (Fsp3) is 0.222. The topological polar surface area (TPSA) is 125 Å². The van der Waals surface area contributed by atoms with Crippen LogP contribution in [0.3, 0.4) is 0 Å². The van der Waals surface area contributed by atoms with E-state index in [-0.39, 0.29) is 29.1 Å². The molecule has 11 heteroatoms. The zero-order valence-electron chi connectivity index (χ0n) is 20.4. The molecular weight excluding hydrogens is 523 g/mol. The maximum atomic E-state index is 13.2. The fourth-order valence-corrected chi connectivity index (χ4v) is 6.38. The van der Waals surface area contributed by atoms with E-state index >= 15 is 0 Å². The minimum absolute atomic E-state index is 0.000385. The summed E-state index contributed by atoms with van der Waals surface area (Å²) in [6, 6.07) is 15.5. The number of aryl methyl sites for hydroxylation is 1. The minimum atomic E-state index is -0.532. The molecule has 8 nitrogen and oxygen atoms in total. The first kappa shape index (κ1) is 25.6. The summed E-state index contributed by atoms with van der Waals surface area (Å²) in [5.74, 6) is -0.883. The van der Waals surface area contributed by atoms with Gasteiger partial charge in [-0.15, -0.1) is 10.2 Å². The number of aromatic nitrogens is 2. The van der Waals surface area contributed by atoms with Gasteiger partial charge in [0, 0.05) is 23.4 Å². The van der Waals surface area contributed by atoms with Crippen LogP contribution in [-0.2, 0) is 9.59 Å². The van der Waals surface area contributed by atoms with Crippen LogP contribution in [0.25, 0.3) is 0 Å².